The van der Waals surface area contributed by atoms with Gasteiger partial charge in [0.2, 0.25) is 5.91 Å². The Morgan fingerprint density at radius 3 is 2.69 bits per heavy atom. The molecule has 1 fully saturated rings. The van der Waals surface area contributed by atoms with Crippen molar-refractivity contribution in [2.45, 2.75) is 37.0 Å². The SMILES string of the molecule is CC(NC(=O)CSc1nc(Cl)cc(N(C)C2CCN(C)CC2)n1)c1ccccc1. The number of hydrogen-bond donors (Lipinski definition) is 1. The molecule has 1 saturated heterocycles. The molecular formula is C21H28ClN5OS. The number of nitrogens with one attached hydrogen (secondary N) is 1. The fourth-order valence-electron chi connectivity index (χ4n) is 3.44. The molecule has 0 bridgehead atoms. The summed E-state index contributed by atoms with van der Waals surface area (Å²) in [6, 6.07) is 12.1. The Morgan fingerprint density at radius 1 is 1.31 bits per heavy atom. The number of thioether (sulfide) groups is 1. The number of anilines is 1. The highest BCUT2D eigenvalue weighted by atomic mass is 35.5. The van der Waals surface area contributed by atoms with Crippen LogP contribution in [-0.2, 0) is 4.79 Å². The van der Waals surface area contributed by atoms with Crippen LogP contribution in [0, 0.1) is 0 Å². The average Bonchev–Trinajstić information content (AvgIpc) is 2.72. The number of halogens is 1. The van der Waals surface area contributed by atoms with Crippen LogP contribution in [0.15, 0.2) is 41.6 Å². The van der Waals surface area contributed by atoms with Crippen LogP contribution in [0.25, 0.3) is 0 Å². The zero-order chi connectivity index (χ0) is 20.8. The summed E-state index contributed by atoms with van der Waals surface area (Å²) in [6.07, 6.45) is 2.19. The number of rotatable bonds is 7. The van der Waals surface area contributed by atoms with Gasteiger partial charge in [0.1, 0.15) is 11.0 Å². The molecule has 1 atom stereocenters. The first-order chi connectivity index (χ1) is 13.9. The standard InChI is InChI=1S/C21H28ClN5OS/c1-15(16-7-5-4-6-8-16)23-20(28)14-29-21-24-18(22)13-19(25-21)27(3)17-9-11-26(2)12-10-17/h4-8,13,15,17H,9-12,14H2,1-3H3,(H,23,28). The van der Waals surface area contributed by atoms with Gasteiger partial charge in [-0.05, 0) is 45.5 Å². The van der Waals surface area contributed by atoms with Crippen molar-refractivity contribution in [3.05, 3.63) is 47.1 Å². The van der Waals surface area contributed by atoms with Crippen molar-refractivity contribution in [2.75, 3.05) is 37.8 Å². The monoisotopic (exact) mass is 433 g/mol. The molecule has 2 heterocycles. The van der Waals surface area contributed by atoms with Gasteiger partial charge in [-0.2, -0.15) is 0 Å². The molecule has 1 aromatic carbocycles. The van der Waals surface area contributed by atoms with Gasteiger partial charge in [-0.3, -0.25) is 4.79 Å². The topological polar surface area (TPSA) is 61.4 Å². The van der Waals surface area contributed by atoms with Crippen LogP contribution in [0.1, 0.15) is 31.4 Å². The van der Waals surface area contributed by atoms with Gasteiger partial charge in [0.05, 0.1) is 11.8 Å². The normalized spacial score (nSPS) is 16.4. The van der Waals surface area contributed by atoms with E-state index >= 15 is 0 Å². The third kappa shape index (κ3) is 6.32. The van der Waals surface area contributed by atoms with E-state index in [1.54, 1.807) is 6.07 Å². The molecule has 0 radical (unpaired) electrons. The maximum atomic E-state index is 12.3. The molecule has 1 aromatic heterocycles. The third-order valence-corrected chi connectivity index (χ3v) is 6.31. The van der Waals surface area contributed by atoms with Crippen LogP contribution in [0.5, 0.6) is 0 Å². The van der Waals surface area contributed by atoms with Gasteiger partial charge in [-0.1, -0.05) is 53.7 Å². The fraction of sp³-hybridized carbons (Fsp3) is 0.476. The largest absolute Gasteiger partial charge is 0.356 e. The third-order valence-electron chi connectivity index (χ3n) is 5.27. The van der Waals surface area contributed by atoms with E-state index in [1.807, 2.05) is 37.3 Å². The Balaban J connectivity index is 1.57. The lowest BCUT2D eigenvalue weighted by Gasteiger charge is -2.35. The molecule has 0 saturated carbocycles. The van der Waals surface area contributed by atoms with Gasteiger partial charge in [0.15, 0.2) is 5.16 Å². The molecule has 156 valence electrons. The second kappa shape index (κ2) is 10.3. The zero-order valence-corrected chi connectivity index (χ0v) is 18.7. The molecule has 3 rings (SSSR count). The summed E-state index contributed by atoms with van der Waals surface area (Å²) in [5.41, 5.74) is 1.08. The maximum Gasteiger partial charge on any atom is 0.230 e. The summed E-state index contributed by atoms with van der Waals surface area (Å²) in [7, 11) is 4.20. The first-order valence-corrected chi connectivity index (χ1v) is 11.2. The second-order valence-electron chi connectivity index (χ2n) is 7.47. The Kier molecular flexibility index (Phi) is 7.75. The van der Waals surface area contributed by atoms with Gasteiger partial charge in [-0.25, -0.2) is 9.97 Å². The minimum absolute atomic E-state index is 0.0456. The molecule has 29 heavy (non-hydrogen) atoms. The van der Waals surface area contributed by atoms with E-state index in [-0.39, 0.29) is 17.7 Å². The van der Waals surface area contributed by atoms with Crippen molar-refractivity contribution >= 4 is 35.1 Å². The van der Waals surface area contributed by atoms with Crippen LogP contribution in [0.3, 0.4) is 0 Å². The summed E-state index contributed by atoms with van der Waals surface area (Å²) < 4.78 is 0. The van der Waals surface area contributed by atoms with Gasteiger partial charge in [0.25, 0.3) is 0 Å². The van der Waals surface area contributed by atoms with Gasteiger partial charge >= 0.3 is 0 Å². The highest BCUT2D eigenvalue weighted by molar-refractivity contribution is 7.99. The number of aromatic nitrogens is 2. The number of piperidine rings is 1. The van der Waals surface area contributed by atoms with E-state index in [0.29, 0.717) is 16.4 Å². The van der Waals surface area contributed by atoms with E-state index < -0.39 is 0 Å². The first-order valence-electron chi connectivity index (χ1n) is 9.85. The summed E-state index contributed by atoms with van der Waals surface area (Å²) in [6.45, 7) is 4.13. The van der Waals surface area contributed by atoms with Crippen LogP contribution < -0.4 is 10.2 Å². The van der Waals surface area contributed by atoms with E-state index in [0.717, 1.165) is 37.3 Å². The Hall–Kier alpha value is -1.83. The molecule has 0 aliphatic carbocycles. The first kappa shape index (κ1) is 21.9. The van der Waals surface area contributed by atoms with Crippen molar-refractivity contribution in [3.63, 3.8) is 0 Å². The fourth-order valence-corrected chi connectivity index (χ4v) is 4.33. The predicted octanol–water partition coefficient (Wildman–Crippen LogP) is 3.63. The van der Waals surface area contributed by atoms with E-state index in [9.17, 15) is 4.79 Å². The van der Waals surface area contributed by atoms with E-state index in [1.165, 1.54) is 11.8 Å². The highest BCUT2D eigenvalue weighted by Crippen LogP contribution is 2.25. The predicted molar refractivity (Wildman–Crippen MR) is 120 cm³/mol. The lowest BCUT2D eigenvalue weighted by atomic mass is 10.0. The molecule has 1 amide bonds. The van der Waals surface area contributed by atoms with Crippen molar-refractivity contribution in [1.29, 1.82) is 0 Å². The van der Waals surface area contributed by atoms with Crippen LogP contribution in [0.4, 0.5) is 5.82 Å². The lowest BCUT2D eigenvalue weighted by Crippen LogP contribution is -2.42. The Bertz CT molecular complexity index is 814. The number of amides is 1. The van der Waals surface area contributed by atoms with E-state index in [4.69, 9.17) is 11.6 Å². The quantitative estimate of drug-likeness (QED) is 0.408. The molecule has 2 aromatic rings. The van der Waals surface area contributed by atoms with Crippen LogP contribution in [-0.4, -0.2) is 59.8 Å². The van der Waals surface area contributed by atoms with Gasteiger partial charge < -0.3 is 15.1 Å². The Morgan fingerprint density at radius 2 is 2.00 bits per heavy atom. The minimum atomic E-state index is -0.0554. The minimum Gasteiger partial charge on any atom is -0.356 e. The van der Waals surface area contributed by atoms with Crippen LogP contribution in [0.2, 0.25) is 5.15 Å². The lowest BCUT2D eigenvalue weighted by molar-refractivity contribution is -0.119. The smallest absolute Gasteiger partial charge is 0.230 e. The zero-order valence-electron chi connectivity index (χ0n) is 17.1. The molecule has 1 unspecified atom stereocenters. The molecule has 6 nitrogen and oxygen atoms in total. The van der Waals surface area contributed by atoms with Crippen molar-refractivity contribution in [2.24, 2.45) is 0 Å². The van der Waals surface area contributed by atoms with Crippen LogP contribution >= 0.6 is 23.4 Å². The molecule has 8 heteroatoms. The molecule has 1 N–H and O–H groups in total. The summed E-state index contributed by atoms with van der Waals surface area (Å²) >= 11 is 7.54. The van der Waals surface area contributed by atoms with Gasteiger partial charge in [0, 0.05) is 19.2 Å². The van der Waals surface area contributed by atoms with Crippen molar-refractivity contribution < 1.29 is 4.79 Å². The number of carbonyl (C=O) groups is 1. The number of carbonyl (C=O) groups excluding carboxylic acids is 1. The summed E-state index contributed by atoms with van der Waals surface area (Å²) in [5.74, 6) is 0.995. The average molecular weight is 434 g/mol. The molecule has 0 spiro atoms. The second-order valence-corrected chi connectivity index (χ2v) is 8.80. The van der Waals surface area contributed by atoms with Crippen molar-refractivity contribution in [1.82, 2.24) is 20.2 Å². The summed E-state index contributed by atoms with van der Waals surface area (Å²) in [5, 5.41) is 3.93. The van der Waals surface area contributed by atoms with Gasteiger partial charge in [-0.15, -0.1) is 0 Å². The summed E-state index contributed by atoms with van der Waals surface area (Å²) in [4.78, 5) is 25.8. The molecule has 1 aliphatic heterocycles. The number of likely N-dealkylation sites (tertiary alicyclic amines) is 1. The van der Waals surface area contributed by atoms with E-state index in [2.05, 4.69) is 39.2 Å². The number of hydrogen-bond acceptors (Lipinski definition) is 6. The Labute approximate surface area is 182 Å². The van der Waals surface area contributed by atoms with Crippen molar-refractivity contribution in [3.8, 4) is 0 Å². The molecular weight excluding hydrogens is 406 g/mol. The molecule has 1 aliphatic rings. The number of nitrogens with zero attached hydrogens (tertiary/aromatic N) is 4. The highest BCUT2D eigenvalue weighted by Gasteiger charge is 2.22. The maximum absolute atomic E-state index is 12.3. The number of benzene rings is 1.